The molecule has 0 saturated carbocycles. The molecule has 0 aliphatic rings. The van der Waals surface area contributed by atoms with Gasteiger partial charge >= 0.3 is 6.03 Å². The van der Waals surface area contributed by atoms with Crippen LogP contribution in [0.15, 0.2) is 42.7 Å². The molecule has 0 bridgehead atoms. The van der Waals surface area contributed by atoms with Crippen LogP contribution in [0.5, 0.6) is 0 Å². The number of anilines is 1. The minimum atomic E-state index is -0.638. The number of rotatable bonds is 6. The second-order valence-corrected chi connectivity index (χ2v) is 5.93. The monoisotopic (exact) mass is 329 g/mol. The van der Waals surface area contributed by atoms with Crippen LogP contribution in [-0.4, -0.2) is 27.8 Å². The first kappa shape index (κ1) is 17.5. The van der Waals surface area contributed by atoms with Crippen LogP contribution in [-0.2, 0) is 18.4 Å². The molecule has 1 heterocycles. The van der Waals surface area contributed by atoms with Crippen LogP contribution in [0.2, 0.25) is 0 Å². The largest absolute Gasteiger partial charge is 0.334 e. The van der Waals surface area contributed by atoms with Gasteiger partial charge in [-0.1, -0.05) is 44.2 Å². The molecular formula is C17H23N5O2. The van der Waals surface area contributed by atoms with E-state index in [1.807, 2.05) is 44.2 Å². The van der Waals surface area contributed by atoms with Crippen molar-refractivity contribution < 1.29 is 9.59 Å². The van der Waals surface area contributed by atoms with Crippen LogP contribution < -0.4 is 16.0 Å². The molecule has 7 heteroatoms. The van der Waals surface area contributed by atoms with Gasteiger partial charge in [0.25, 0.3) is 0 Å². The predicted octanol–water partition coefficient (Wildman–Crippen LogP) is 1.88. The van der Waals surface area contributed by atoms with E-state index in [1.165, 1.54) is 0 Å². The molecule has 0 aliphatic heterocycles. The molecule has 3 amide bonds. The van der Waals surface area contributed by atoms with Crippen LogP contribution in [0.25, 0.3) is 0 Å². The summed E-state index contributed by atoms with van der Waals surface area (Å²) >= 11 is 0. The Kier molecular flexibility index (Phi) is 5.95. The number of aromatic nitrogens is 2. The molecule has 0 radical (unpaired) electrons. The van der Waals surface area contributed by atoms with Crippen molar-refractivity contribution in [2.75, 3.05) is 5.32 Å². The third-order valence-corrected chi connectivity index (χ3v) is 3.50. The fraction of sp³-hybridized carbons (Fsp3) is 0.353. The van der Waals surface area contributed by atoms with E-state index in [0.717, 1.165) is 5.56 Å². The van der Waals surface area contributed by atoms with E-state index in [-0.39, 0.29) is 17.9 Å². The number of hydrogen-bond acceptors (Lipinski definition) is 3. The highest BCUT2D eigenvalue weighted by atomic mass is 16.2. The molecule has 7 nitrogen and oxygen atoms in total. The number of aryl methyl sites for hydroxylation is 1. The molecule has 0 aliphatic carbocycles. The lowest BCUT2D eigenvalue weighted by atomic mass is 10.0. The van der Waals surface area contributed by atoms with Gasteiger partial charge in [-0.25, -0.2) is 4.79 Å². The number of benzene rings is 1. The average molecular weight is 329 g/mol. The quantitative estimate of drug-likeness (QED) is 0.756. The standard InChI is InChI=1S/C17H23N5O2/c1-12(2)15(16(23)20-14-10-19-22(3)11-14)21-17(24)18-9-13-7-5-4-6-8-13/h4-8,10-12,15H,9H2,1-3H3,(H,20,23)(H2,18,21,24)/t15-/m1/s1. The van der Waals surface area contributed by atoms with Gasteiger partial charge in [-0.2, -0.15) is 5.10 Å². The summed E-state index contributed by atoms with van der Waals surface area (Å²) in [6, 6.07) is 8.58. The predicted molar refractivity (Wildman–Crippen MR) is 92.3 cm³/mol. The Labute approximate surface area is 141 Å². The highest BCUT2D eigenvalue weighted by Crippen LogP contribution is 2.08. The summed E-state index contributed by atoms with van der Waals surface area (Å²) in [7, 11) is 1.77. The lowest BCUT2D eigenvalue weighted by Gasteiger charge is -2.21. The van der Waals surface area contributed by atoms with Crippen molar-refractivity contribution in [1.29, 1.82) is 0 Å². The minimum absolute atomic E-state index is 0.0517. The maximum absolute atomic E-state index is 12.4. The zero-order valence-electron chi connectivity index (χ0n) is 14.1. The maximum atomic E-state index is 12.4. The minimum Gasteiger partial charge on any atom is -0.334 e. The zero-order chi connectivity index (χ0) is 17.5. The Morgan fingerprint density at radius 1 is 1.21 bits per heavy atom. The van der Waals surface area contributed by atoms with Gasteiger partial charge < -0.3 is 16.0 Å². The normalized spacial score (nSPS) is 11.8. The molecule has 24 heavy (non-hydrogen) atoms. The molecule has 0 fully saturated rings. The summed E-state index contributed by atoms with van der Waals surface area (Å²) in [6.45, 7) is 4.16. The molecular weight excluding hydrogens is 306 g/mol. The van der Waals surface area contributed by atoms with Gasteiger partial charge in [0.05, 0.1) is 11.9 Å². The summed E-state index contributed by atoms with van der Waals surface area (Å²) in [5.74, 6) is -0.322. The molecule has 128 valence electrons. The number of carbonyl (C=O) groups is 2. The van der Waals surface area contributed by atoms with Crippen molar-refractivity contribution in [3.05, 3.63) is 48.3 Å². The van der Waals surface area contributed by atoms with E-state index in [2.05, 4.69) is 21.0 Å². The maximum Gasteiger partial charge on any atom is 0.315 e. The zero-order valence-corrected chi connectivity index (χ0v) is 14.1. The highest BCUT2D eigenvalue weighted by molar-refractivity contribution is 5.97. The van der Waals surface area contributed by atoms with Gasteiger partial charge in [-0.05, 0) is 11.5 Å². The van der Waals surface area contributed by atoms with Crippen molar-refractivity contribution in [3.63, 3.8) is 0 Å². The molecule has 1 aromatic heterocycles. The third kappa shape index (κ3) is 5.12. The smallest absolute Gasteiger partial charge is 0.315 e. The highest BCUT2D eigenvalue weighted by Gasteiger charge is 2.24. The van der Waals surface area contributed by atoms with Crippen LogP contribution in [0.3, 0.4) is 0 Å². The van der Waals surface area contributed by atoms with E-state index in [0.29, 0.717) is 12.2 Å². The summed E-state index contributed by atoms with van der Waals surface area (Å²) < 4.78 is 1.60. The number of amides is 3. The fourth-order valence-corrected chi connectivity index (χ4v) is 2.21. The fourth-order valence-electron chi connectivity index (χ4n) is 2.21. The summed E-state index contributed by atoms with van der Waals surface area (Å²) in [4.78, 5) is 24.5. The van der Waals surface area contributed by atoms with Crippen LogP contribution in [0.4, 0.5) is 10.5 Å². The van der Waals surface area contributed by atoms with E-state index < -0.39 is 6.04 Å². The molecule has 0 spiro atoms. The Balaban J connectivity index is 1.89. The Morgan fingerprint density at radius 2 is 1.92 bits per heavy atom. The van der Waals surface area contributed by atoms with E-state index in [1.54, 1.807) is 24.1 Å². The average Bonchev–Trinajstić information content (AvgIpc) is 2.96. The first-order chi connectivity index (χ1) is 11.5. The summed E-state index contributed by atoms with van der Waals surface area (Å²) in [5.41, 5.74) is 1.59. The van der Waals surface area contributed by atoms with Crippen LogP contribution in [0.1, 0.15) is 19.4 Å². The second-order valence-electron chi connectivity index (χ2n) is 5.93. The summed E-state index contributed by atoms with van der Waals surface area (Å²) in [5, 5.41) is 12.2. The first-order valence-corrected chi connectivity index (χ1v) is 7.83. The third-order valence-electron chi connectivity index (χ3n) is 3.50. The Bertz CT molecular complexity index is 681. The van der Waals surface area contributed by atoms with Crippen LogP contribution >= 0.6 is 0 Å². The number of nitrogens with zero attached hydrogens (tertiary/aromatic N) is 2. The summed E-state index contributed by atoms with van der Waals surface area (Å²) in [6.07, 6.45) is 3.26. The van der Waals surface area contributed by atoms with Crippen LogP contribution in [0, 0.1) is 5.92 Å². The van der Waals surface area contributed by atoms with Gasteiger partial charge in [0.15, 0.2) is 0 Å². The number of nitrogens with one attached hydrogen (secondary N) is 3. The van der Waals surface area contributed by atoms with E-state index in [9.17, 15) is 9.59 Å². The molecule has 1 atom stereocenters. The van der Waals surface area contributed by atoms with Crippen molar-refractivity contribution in [2.45, 2.75) is 26.4 Å². The molecule has 1 aromatic carbocycles. The Morgan fingerprint density at radius 3 is 2.50 bits per heavy atom. The van der Waals surface area contributed by atoms with E-state index in [4.69, 9.17) is 0 Å². The topological polar surface area (TPSA) is 88.1 Å². The number of hydrogen-bond donors (Lipinski definition) is 3. The SMILES string of the molecule is CC(C)[C@@H](NC(=O)NCc1ccccc1)C(=O)Nc1cnn(C)c1. The van der Waals surface area contributed by atoms with Gasteiger partial charge in [0, 0.05) is 19.8 Å². The van der Waals surface area contributed by atoms with Gasteiger partial charge in [0.2, 0.25) is 5.91 Å². The Hall–Kier alpha value is -2.83. The van der Waals surface area contributed by atoms with Gasteiger partial charge in [-0.15, -0.1) is 0 Å². The molecule has 0 saturated heterocycles. The lowest BCUT2D eigenvalue weighted by molar-refractivity contribution is -0.118. The van der Waals surface area contributed by atoms with Crippen molar-refractivity contribution in [2.24, 2.45) is 13.0 Å². The molecule has 2 rings (SSSR count). The lowest BCUT2D eigenvalue weighted by Crippen LogP contribution is -2.50. The van der Waals surface area contributed by atoms with Crippen molar-refractivity contribution >= 4 is 17.6 Å². The first-order valence-electron chi connectivity index (χ1n) is 7.83. The number of carbonyl (C=O) groups excluding carboxylic acids is 2. The van der Waals surface area contributed by atoms with Crippen molar-refractivity contribution in [1.82, 2.24) is 20.4 Å². The molecule has 0 unspecified atom stereocenters. The second kappa shape index (κ2) is 8.14. The van der Waals surface area contributed by atoms with Gasteiger partial charge in [0.1, 0.15) is 6.04 Å². The molecule has 3 N–H and O–H groups in total. The van der Waals surface area contributed by atoms with E-state index >= 15 is 0 Å². The molecule has 2 aromatic rings. The van der Waals surface area contributed by atoms with Gasteiger partial charge in [-0.3, -0.25) is 9.48 Å². The van der Waals surface area contributed by atoms with Crippen molar-refractivity contribution in [3.8, 4) is 0 Å². The number of urea groups is 1.